The maximum absolute atomic E-state index is 13.7. The summed E-state index contributed by atoms with van der Waals surface area (Å²) in [5, 5.41) is 12.6. The molecule has 1 saturated heterocycles. The van der Waals surface area contributed by atoms with Crippen molar-refractivity contribution in [2.75, 3.05) is 31.5 Å². The largest absolute Gasteiger partial charge is 0.481 e. The van der Waals surface area contributed by atoms with E-state index in [0.29, 0.717) is 38.1 Å². The number of rotatable bonds is 8. The van der Waals surface area contributed by atoms with Crippen molar-refractivity contribution >= 4 is 17.8 Å². The smallest absolute Gasteiger partial charge is 0.419 e. The van der Waals surface area contributed by atoms with E-state index in [0.717, 1.165) is 37.0 Å². The fourth-order valence-electron chi connectivity index (χ4n) is 4.60. The first kappa shape index (κ1) is 24.7. The summed E-state index contributed by atoms with van der Waals surface area (Å²) < 4.78 is 53.3. The highest BCUT2D eigenvalue weighted by Gasteiger charge is 2.38. The van der Waals surface area contributed by atoms with E-state index in [1.165, 1.54) is 10.5 Å². The van der Waals surface area contributed by atoms with Crippen molar-refractivity contribution in [3.05, 3.63) is 58.5 Å². The summed E-state index contributed by atoms with van der Waals surface area (Å²) in [5.74, 6) is -1.83. The Kier molecular flexibility index (Phi) is 7.13. The quantitative estimate of drug-likeness (QED) is 0.529. The molecule has 0 aliphatic carbocycles. The molecule has 2 amide bonds. The van der Waals surface area contributed by atoms with Gasteiger partial charge in [-0.3, -0.25) is 4.79 Å². The third kappa shape index (κ3) is 5.66. The SMILES string of the molecule is O=C(O)CC(c1ccc(F)c(C(F)(F)F)c1)N1CCN(CCCc2ccc3c(n2)NCCC3)C1=O. The molecule has 35 heavy (non-hydrogen) atoms. The average Bonchev–Trinajstić information content (AvgIpc) is 3.17. The van der Waals surface area contributed by atoms with Gasteiger partial charge in [0.25, 0.3) is 0 Å². The highest BCUT2D eigenvalue weighted by molar-refractivity contribution is 5.78. The number of benzene rings is 1. The van der Waals surface area contributed by atoms with Crippen LogP contribution in [0, 0.1) is 5.82 Å². The molecule has 7 nitrogen and oxygen atoms in total. The van der Waals surface area contributed by atoms with Gasteiger partial charge in [0.05, 0.1) is 18.0 Å². The maximum Gasteiger partial charge on any atom is 0.419 e. The number of hydrogen-bond acceptors (Lipinski definition) is 4. The van der Waals surface area contributed by atoms with Crippen LogP contribution < -0.4 is 5.32 Å². The fraction of sp³-hybridized carbons (Fsp3) is 0.458. The predicted octanol–water partition coefficient (Wildman–Crippen LogP) is 4.48. The van der Waals surface area contributed by atoms with E-state index < -0.39 is 42.0 Å². The summed E-state index contributed by atoms with van der Waals surface area (Å²) in [6, 6.07) is 4.79. The Morgan fingerprint density at radius 2 is 2.00 bits per heavy atom. The second-order valence-electron chi connectivity index (χ2n) is 8.76. The zero-order valence-corrected chi connectivity index (χ0v) is 18.9. The number of fused-ring (bicyclic) bond motifs is 1. The van der Waals surface area contributed by atoms with E-state index in [-0.39, 0.29) is 12.1 Å². The highest BCUT2D eigenvalue weighted by Crippen LogP contribution is 2.36. The van der Waals surface area contributed by atoms with Gasteiger partial charge in [0.15, 0.2) is 0 Å². The molecule has 2 aliphatic heterocycles. The van der Waals surface area contributed by atoms with Gasteiger partial charge in [0.2, 0.25) is 0 Å². The molecule has 1 fully saturated rings. The Balaban J connectivity index is 1.43. The molecule has 0 spiro atoms. The van der Waals surface area contributed by atoms with Crippen molar-refractivity contribution in [2.24, 2.45) is 0 Å². The van der Waals surface area contributed by atoms with Crippen molar-refractivity contribution < 1.29 is 32.3 Å². The number of aliphatic carboxylic acids is 1. The lowest BCUT2D eigenvalue weighted by molar-refractivity contribution is -0.140. The molecule has 1 unspecified atom stereocenters. The number of carboxylic acids is 1. The summed E-state index contributed by atoms with van der Waals surface area (Å²) in [6.07, 6.45) is -2.19. The third-order valence-electron chi connectivity index (χ3n) is 6.36. The number of hydrogen-bond donors (Lipinski definition) is 2. The lowest BCUT2D eigenvalue weighted by Gasteiger charge is -2.28. The van der Waals surface area contributed by atoms with Crippen LogP contribution in [0.1, 0.15) is 47.7 Å². The normalized spacial score (nSPS) is 16.7. The Morgan fingerprint density at radius 3 is 2.74 bits per heavy atom. The molecular formula is C24H26F4N4O3. The van der Waals surface area contributed by atoms with Crippen molar-refractivity contribution in [3.8, 4) is 0 Å². The molecule has 0 saturated carbocycles. The third-order valence-corrected chi connectivity index (χ3v) is 6.36. The van der Waals surface area contributed by atoms with Crippen LogP contribution in [0.3, 0.4) is 0 Å². The molecule has 11 heteroatoms. The fourth-order valence-corrected chi connectivity index (χ4v) is 4.60. The molecule has 3 heterocycles. The molecule has 1 atom stereocenters. The van der Waals surface area contributed by atoms with E-state index >= 15 is 0 Å². The summed E-state index contributed by atoms with van der Waals surface area (Å²) >= 11 is 0. The van der Waals surface area contributed by atoms with Gasteiger partial charge in [-0.05, 0) is 55.0 Å². The van der Waals surface area contributed by atoms with Gasteiger partial charge in [-0.1, -0.05) is 12.1 Å². The lowest BCUT2D eigenvalue weighted by Crippen LogP contribution is -2.36. The van der Waals surface area contributed by atoms with Crippen molar-refractivity contribution in [1.82, 2.24) is 14.8 Å². The van der Waals surface area contributed by atoms with Crippen LogP contribution in [-0.2, 0) is 23.8 Å². The average molecular weight is 494 g/mol. The van der Waals surface area contributed by atoms with Gasteiger partial charge in [0.1, 0.15) is 11.6 Å². The minimum atomic E-state index is -4.94. The summed E-state index contributed by atoms with van der Waals surface area (Å²) in [6.45, 7) is 1.77. The number of anilines is 1. The maximum atomic E-state index is 13.7. The Bertz CT molecular complexity index is 1110. The van der Waals surface area contributed by atoms with Crippen molar-refractivity contribution in [3.63, 3.8) is 0 Å². The topological polar surface area (TPSA) is 85.8 Å². The molecule has 2 N–H and O–H groups in total. The number of pyridine rings is 1. The number of carbonyl (C=O) groups is 2. The first-order chi connectivity index (χ1) is 16.6. The van der Waals surface area contributed by atoms with Gasteiger partial charge in [-0.2, -0.15) is 13.2 Å². The number of carboxylic acid groups (broad SMARTS) is 1. The van der Waals surface area contributed by atoms with Crippen LogP contribution >= 0.6 is 0 Å². The van der Waals surface area contributed by atoms with E-state index in [4.69, 9.17) is 0 Å². The van der Waals surface area contributed by atoms with Gasteiger partial charge < -0.3 is 20.2 Å². The van der Waals surface area contributed by atoms with Crippen LogP contribution in [0.15, 0.2) is 30.3 Å². The number of nitrogens with one attached hydrogen (secondary N) is 1. The second kappa shape index (κ2) is 10.1. The number of carbonyl (C=O) groups excluding carboxylic acids is 1. The number of aromatic nitrogens is 1. The predicted molar refractivity (Wildman–Crippen MR) is 119 cm³/mol. The molecule has 1 aromatic carbocycles. The minimum absolute atomic E-state index is 0.0675. The van der Waals surface area contributed by atoms with Gasteiger partial charge in [-0.15, -0.1) is 0 Å². The summed E-state index contributed by atoms with van der Waals surface area (Å²) in [5.41, 5.74) is 0.531. The molecule has 2 aromatic rings. The first-order valence-electron chi connectivity index (χ1n) is 11.5. The number of nitrogens with zero attached hydrogens (tertiary/aromatic N) is 3. The first-order valence-corrected chi connectivity index (χ1v) is 11.5. The van der Waals surface area contributed by atoms with Crippen LogP contribution in [0.25, 0.3) is 0 Å². The van der Waals surface area contributed by atoms with Crippen molar-refractivity contribution in [1.29, 1.82) is 0 Å². The summed E-state index contributed by atoms with van der Waals surface area (Å²) in [7, 11) is 0. The molecule has 4 rings (SSSR count). The number of aryl methyl sites for hydroxylation is 2. The zero-order chi connectivity index (χ0) is 25.2. The van der Waals surface area contributed by atoms with Crippen LogP contribution in [-0.4, -0.2) is 58.1 Å². The molecule has 0 bridgehead atoms. The molecular weight excluding hydrogens is 468 g/mol. The Hall–Kier alpha value is -3.37. The van der Waals surface area contributed by atoms with Gasteiger partial charge in [0, 0.05) is 31.9 Å². The number of alkyl halides is 3. The number of urea groups is 1. The highest BCUT2D eigenvalue weighted by atomic mass is 19.4. The van der Waals surface area contributed by atoms with Crippen LogP contribution in [0.2, 0.25) is 0 Å². The van der Waals surface area contributed by atoms with Gasteiger partial charge in [-0.25, -0.2) is 14.2 Å². The van der Waals surface area contributed by atoms with E-state index in [9.17, 15) is 32.3 Å². The summed E-state index contributed by atoms with van der Waals surface area (Å²) in [4.78, 5) is 31.9. The Morgan fingerprint density at radius 1 is 1.20 bits per heavy atom. The van der Waals surface area contributed by atoms with Gasteiger partial charge >= 0.3 is 18.2 Å². The van der Waals surface area contributed by atoms with Crippen LogP contribution in [0.5, 0.6) is 0 Å². The van der Waals surface area contributed by atoms with E-state index in [1.807, 2.05) is 6.07 Å². The standard InChI is InChI=1S/C24H26F4N4O3/c25-19-8-6-16(13-18(19)24(26,27)28)20(14-21(33)34)32-12-11-31(23(32)35)10-2-4-17-7-5-15-3-1-9-29-22(15)30-17/h5-8,13,20H,1-4,9-12,14H2,(H,29,30)(H,33,34). The molecule has 0 radical (unpaired) electrons. The minimum Gasteiger partial charge on any atom is -0.481 e. The Labute approximate surface area is 199 Å². The number of amides is 2. The lowest BCUT2D eigenvalue weighted by atomic mass is 9.99. The monoisotopic (exact) mass is 494 g/mol. The molecule has 188 valence electrons. The number of halogens is 4. The van der Waals surface area contributed by atoms with Crippen molar-refractivity contribution in [2.45, 2.75) is 44.3 Å². The molecule has 2 aliphatic rings. The second-order valence-corrected chi connectivity index (χ2v) is 8.76. The zero-order valence-electron chi connectivity index (χ0n) is 18.9. The molecule has 1 aromatic heterocycles. The van der Waals surface area contributed by atoms with Crippen LogP contribution in [0.4, 0.5) is 28.2 Å². The van der Waals surface area contributed by atoms with E-state index in [1.54, 1.807) is 4.90 Å². The van der Waals surface area contributed by atoms with E-state index in [2.05, 4.69) is 16.4 Å².